The van der Waals surface area contributed by atoms with E-state index in [0.717, 1.165) is 11.0 Å². The molecule has 2 unspecified atom stereocenters. The van der Waals surface area contributed by atoms with Gasteiger partial charge in [-0.2, -0.15) is 0 Å². The molecule has 2 rings (SSSR count). The van der Waals surface area contributed by atoms with E-state index in [0.29, 0.717) is 6.04 Å². The van der Waals surface area contributed by atoms with Crippen LogP contribution in [0.2, 0.25) is 0 Å². The monoisotopic (exact) mass is 268 g/mol. The van der Waals surface area contributed by atoms with E-state index in [2.05, 4.69) is 33.4 Å². The van der Waals surface area contributed by atoms with Gasteiger partial charge in [0.15, 0.2) is 0 Å². The highest BCUT2D eigenvalue weighted by Crippen LogP contribution is 2.23. The number of halogens is 1. The van der Waals surface area contributed by atoms with Crippen LogP contribution in [0, 0.1) is 0 Å². The van der Waals surface area contributed by atoms with Crippen molar-refractivity contribution in [3.8, 4) is 0 Å². The first kappa shape index (κ1) is 11.1. The largest absolute Gasteiger partial charge is 0.323 e. The minimum absolute atomic E-state index is 0.114. The Hall–Kier alpha value is -0.380. The number of hydrogen-bond donors (Lipinski definition) is 2. The molecule has 1 heterocycles. The van der Waals surface area contributed by atoms with Crippen LogP contribution in [0.1, 0.15) is 30.9 Å². The number of rotatable bonds is 2. The molecule has 1 aliphatic rings. The number of benzene rings is 1. The van der Waals surface area contributed by atoms with Crippen LogP contribution in [0.15, 0.2) is 28.7 Å². The van der Waals surface area contributed by atoms with Crippen LogP contribution in [-0.2, 0) is 0 Å². The van der Waals surface area contributed by atoms with E-state index in [4.69, 9.17) is 5.73 Å². The maximum Gasteiger partial charge on any atom is 0.0451 e. The maximum absolute atomic E-state index is 6.26. The Balaban J connectivity index is 2.08. The van der Waals surface area contributed by atoms with Crippen molar-refractivity contribution in [3.63, 3.8) is 0 Å². The van der Waals surface area contributed by atoms with Gasteiger partial charge in [-0.05, 0) is 37.1 Å². The molecule has 1 saturated heterocycles. The average Bonchev–Trinajstić information content (AvgIpc) is 2.29. The van der Waals surface area contributed by atoms with Gasteiger partial charge in [0.1, 0.15) is 0 Å². The summed E-state index contributed by atoms with van der Waals surface area (Å²) in [5.41, 5.74) is 7.47. The summed E-state index contributed by atoms with van der Waals surface area (Å²) in [4.78, 5) is 0. The lowest BCUT2D eigenvalue weighted by molar-refractivity contribution is 0.353. The van der Waals surface area contributed by atoms with Crippen LogP contribution in [0.3, 0.4) is 0 Å². The van der Waals surface area contributed by atoms with Crippen LogP contribution < -0.4 is 11.1 Å². The molecule has 0 saturated carbocycles. The zero-order valence-corrected chi connectivity index (χ0v) is 10.3. The molecule has 0 spiro atoms. The lowest BCUT2D eigenvalue weighted by Crippen LogP contribution is -2.42. The van der Waals surface area contributed by atoms with Gasteiger partial charge in [0, 0.05) is 16.6 Å². The Morgan fingerprint density at radius 1 is 1.40 bits per heavy atom. The molecule has 2 nitrogen and oxygen atoms in total. The second-order valence-electron chi connectivity index (χ2n) is 4.14. The van der Waals surface area contributed by atoms with Crippen molar-refractivity contribution in [1.82, 2.24) is 5.32 Å². The molecule has 2 atom stereocenters. The fourth-order valence-corrected chi connectivity index (χ4v) is 2.55. The average molecular weight is 269 g/mol. The van der Waals surface area contributed by atoms with E-state index in [-0.39, 0.29) is 6.04 Å². The van der Waals surface area contributed by atoms with E-state index >= 15 is 0 Å². The highest BCUT2D eigenvalue weighted by atomic mass is 79.9. The maximum atomic E-state index is 6.26. The highest BCUT2D eigenvalue weighted by Gasteiger charge is 2.21. The molecule has 82 valence electrons. The standard InChI is InChI=1S/C12H17BrN2/c13-10-5-3-4-9(8-10)12(14)11-6-1-2-7-15-11/h3-5,8,11-12,15H,1-2,6-7,14H2. The van der Waals surface area contributed by atoms with Gasteiger partial charge in [-0.3, -0.25) is 0 Å². The van der Waals surface area contributed by atoms with E-state index in [9.17, 15) is 0 Å². The molecule has 0 amide bonds. The number of nitrogens with two attached hydrogens (primary N) is 1. The summed E-state index contributed by atoms with van der Waals surface area (Å²) in [6.07, 6.45) is 3.76. The van der Waals surface area contributed by atoms with Crippen molar-refractivity contribution in [2.75, 3.05) is 6.54 Å². The molecular formula is C12H17BrN2. The second kappa shape index (κ2) is 5.10. The molecule has 0 aliphatic carbocycles. The number of hydrogen-bond acceptors (Lipinski definition) is 2. The van der Waals surface area contributed by atoms with E-state index in [1.54, 1.807) is 0 Å². The Bertz CT molecular complexity index is 321. The molecule has 0 aromatic heterocycles. The predicted molar refractivity (Wildman–Crippen MR) is 66.7 cm³/mol. The lowest BCUT2D eigenvalue weighted by Gasteiger charge is -2.29. The first-order chi connectivity index (χ1) is 7.27. The Labute approximate surface area is 99.4 Å². The third-order valence-electron chi connectivity index (χ3n) is 3.02. The van der Waals surface area contributed by atoms with E-state index in [1.807, 2.05) is 12.1 Å². The summed E-state index contributed by atoms with van der Waals surface area (Å²) in [6.45, 7) is 1.10. The van der Waals surface area contributed by atoms with Crippen LogP contribution in [0.5, 0.6) is 0 Å². The van der Waals surface area contributed by atoms with Gasteiger partial charge < -0.3 is 11.1 Å². The number of nitrogens with one attached hydrogen (secondary N) is 1. The molecule has 1 fully saturated rings. The third kappa shape index (κ3) is 2.80. The van der Waals surface area contributed by atoms with Gasteiger partial charge in [-0.1, -0.05) is 34.5 Å². The third-order valence-corrected chi connectivity index (χ3v) is 3.51. The van der Waals surface area contributed by atoms with E-state index in [1.165, 1.54) is 24.8 Å². The zero-order valence-electron chi connectivity index (χ0n) is 8.75. The lowest BCUT2D eigenvalue weighted by atomic mass is 9.93. The molecule has 1 aromatic carbocycles. The van der Waals surface area contributed by atoms with Crippen molar-refractivity contribution in [2.45, 2.75) is 31.3 Å². The van der Waals surface area contributed by atoms with Gasteiger partial charge in [-0.25, -0.2) is 0 Å². The summed E-state index contributed by atoms with van der Waals surface area (Å²) in [6, 6.07) is 8.84. The van der Waals surface area contributed by atoms with Crippen molar-refractivity contribution in [1.29, 1.82) is 0 Å². The Morgan fingerprint density at radius 2 is 2.27 bits per heavy atom. The molecule has 1 aromatic rings. The first-order valence-electron chi connectivity index (χ1n) is 5.52. The minimum Gasteiger partial charge on any atom is -0.323 e. The molecule has 1 aliphatic heterocycles. The summed E-state index contributed by atoms with van der Waals surface area (Å²) >= 11 is 3.48. The molecular weight excluding hydrogens is 252 g/mol. The summed E-state index contributed by atoms with van der Waals surface area (Å²) in [5, 5.41) is 3.50. The van der Waals surface area contributed by atoms with Crippen molar-refractivity contribution >= 4 is 15.9 Å². The van der Waals surface area contributed by atoms with Crippen molar-refractivity contribution < 1.29 is 0 Å². The number of piperidine rings is 1. The fourth-order valence-electron chi connectivity index (χ4n) is 2.13. The Kier molecular flexibility index (Phi) is 3.78. The predicted octanol–water partition coefficient (Wildman–Crippen LogP) is 2.59. The van der Waals surface area contributed by atoms with Crippen LogP contribution in [0.4, 0.5) is 0 Å². The summed E-state index contributed by atoms with van der Waals surface area (Å²) in [7, 11) is 0. The van der Waals surface area contributed by atoms with Crippen molar-refractivity contribution in [3.05, 3.63) is 34.3 Å². The normalized spacial score (nSPS) is 23.7. The highest BCUT2D eigenvalue weighted by molar-refractivity contribution is 9.10. The van der Waals surface area contributed by atoms with Crippen LogP contribution in [0.25, 0.3) is 0 Å². The zero-order chi connectivity index (χ0) is 10.7. The van der Waals surface area contributed by atoms with Gasteiger partial charge in [0.05, 0.1) is 0 Å². The molecule has 3 N–H and O–H groups in total. The Morgan fingerprint density at radius 3 is 2.93 bits per heavy atom. The second-order valence-corrected chi connectivity index (χ2v) is 5.05. The topological polar surface area (TPSA) is 38.0 Å². The van der Waals surface area contributed by atoms with E-state index < -0.39 is 0 Å². The SMILES string of the molecule is NC(c1cccc(Br)c1)C1CCCCN1. The first-order valence-corrected chi connectivity index (χ1v) is 6.31. The van der Waals surface area contributed by atoms with Crippen LogP contribution >= 0.6 is 15.9 Å². The smallest absolute Gasteiger partial charge is 0.0451 e. The quantitative estimate of drug-likeness (QED) is 0.866. The minimum atomic E-state index is 0.114. The summed E-state index contributed by atoms with van der Waals surface area (Å²) < 4.78 is 1.10. The van der Waals surface area contributed by atoms with Crippen molar-refractivity contribution in [2.24, 2.45) is 5.73 Å². The molecule has 0 radical (unpaired) electrons. The molecule has 0 bridgehead atoms. The molecule has 3 heteroatoms. The fraction of sp³-hybridized carbons (Fsp3) is 0.500. The van der Waals surface area contributed by atoms with Crippen LogP contribution in [-0.4, -0.2) is 12.6 Å². The van der Waals surface area contributed by atoms with Gasteiger partial charge in [0.25, 0.3) is 0 Å². The molecule has 15 heavy (non-hydrogen) atoms. The van der Waals surface area contributed by atoms with Gasteiger partial charge in [-0.15, -0.1) is 0 Å². The van der Waals surface area contributed by atoms with Gasteiger partial charge >= 0.3 is 0 Å². The summed E-state index contributed by atoms with van der Waals surface area (Å²) in [5.74, 6) is 0. The van der Waals surface area contributed by atoms with Gasteiger partial charge in [0.2, 0.25) is 0 Å².